The van der Waals surface area contributed by atoms with Gasteiger partial charge < -0.3 is 5.01 Å². The maximum atomic E-state index is 4.05. The van der Waals surface area contributed by atoms with Crippen LogP contribution in [0.15, 0.2) is 29.4 Å². The molecular weight excluding hydrogens is 160 g/mol. The largest absolute Gasteiger partial charge is 0.303 e. The molecule has 0 N–H and O–H groups in total. The zero-order valence-corrected chi connectivity index (χ0v) is 8.90. The molecule has 0 spiro atoms. The van der Waals surface area contributed by atoms with Gasteiger partial charge in [0.2, 0.25) is 0 Å². The quantitative estimate of drug-likeness (QED) is 0.265. The fourth-order valence-electron chi connectivity index (χ4n) is 0.782. The summed E-state index contributed by atoms with van der Waals surface area (Å²) in [5.74, 6) is 0. The molecule has 0 saturated carbocycles. The molecule has 0 atom stereocenters. The summed E-state index contributed by atoms with van der Waals surface area (Å²) < 4.78 is 0. The molecular formula is C11H20N2. The number of unbranched alkanes of at least 4 members (excludes halogenated alkanes) is 2. The van der Waals surface area contributed by atoms with Gasteiger partial charge in [0, 0.05) is 20.3 Å². The molecule has 13 heavy (non-hydrogen) atoms. The number of hydrogen-bond donors (Lipinski definition) is 0. The van der Waals surface area contributed by atoms with Gasteiger partial charge in [0.25, 0.3) is 0 Å². The lowest BCUT2D eigenvalue weighted by Gasteiger charge is -1.99. The van der Waals surface area contributed by atoms with Gasteiger partial charge in [0.05, 0.1) is 0 Å². The summed E-state index contributed by atoms with van der Waals surface area (Å²) in [4.78, 5) is 0. The van der Waals surface area contributed by atoms with Crippen molar-refractivity contribution in [2.75, 3.05) is 14.1 Å². The Hall–Kier alpha value is -1.05. The van der Waals surface area contributed by atoms with Gasteiger partial charge in [-0.05, 0) is 12.5 Å². The first kappa shape index (κ1) is 11.9. The molecule has 2 nitrogen and oxygen atoms in total. The summed E-state index contributed by atoms with van der Waals surface area (Å²) in [6.07, 6.45) is 13.7. The molecule has 0 unspecified atom stereocenters. The Labute approximate surface area is 81.6 Å². The number of nitrogens with zero attached hydrogens (tertiary/aromatic N) is 2. The average molecular weight is 180 g/mol. The highest BCUT2D eigenvalue weighted by molar-refractivity contribution is 5.71. The van der Waals surface area contributed by atoms with E-state index < -0.39 is 0 Å². The van der Waals surface area contributed by atoms with Gasteiger partial charge in [-0.2, -0.15) is 5.10 Å². The molecule has 0 fully saturated rings. The van der Waals surface area contributed by atoms with Crippen molar-refractivity contribution in [1.29, 1.82) is 0 Å². The predicted octanol–water partition coefficient (Wildman–Crippen LogP) is 2.84. The van der Waals surface area contributed by atoms with Crippen LogP contribution in [0.2, 0.25) is 0 Å². The highest BCUT2D eigenvalue weighted by atomic mass is 15.4. The van der Waals surface area contributed by atoms with E-state index in [2.05, 4.69) is 24.2 Å². The van der Waals surface area contributed by atoms with E-state index in [0.717, 1.165) is 0 Å². The van der Waals surface area contributed by atoms with Crippen LogP contribution in [0, 0.1) is 0 Å². The van der Waals surface area contributed by atoms with Gasteiger partial charge in [-0.3, -0.25) is 0 Å². The average Bonchev–Trinajstić information content (AvgIpc) is 2.09. The van der Waals surface area contributed by atoms with E-state index >= 15 is 0 Å². The van der Waals surface area contributed by atoms with Crippen LogP contribution in [-0.4, -0.2) is 25.3 Å². The Balaban J connectivity index is 3.45. The lowest BCUT2D eigenvalue weighted by atomic mass is 10.2. The van der Waals surface area contributed by atoms with Crippen molar-refractivity contribution in [1.82, 2.24) is 5.01 Å². The molecule has 0 rings (SSSR count). The Kier molecular flexibility index (Phi) is 8.31. The Bertz CT molecular complexity index is 179. The maximum absolute atomic E-state index is 4.05. The van der Waals surface area contributed by atoms with Gasteiger partial charge in [-0.15, -0.1) is 0 Å². The Morgan fingerprint density at radius 1 is 1.15 bits per heavy atom. The monoisotopic (exact) mass is 180 g/mol. The fourth-order valence-corrected chi connectivity index (χ4v) is 0.782. The van der Waals surface area contributed by atoms with Crippen LogP contribution in [0.5, 0.6) is 0 Å². The zero-order valence-electron chi connectivity index (χ0n) is 8.90. The van der Waals surface area contributed by atoms with Gasteiger partial charge in [0.15, 0.2) is 0 Å². The Morgan fingerprint density at radius 2 is 1.92 bits per heavy atom. The molecule has 0 aromatic carbocycles. The van der Waals surface area contributed by atoms with Crippen LogP contribution in [0.4, 0.5) is 0 Å². The molecule has 0 heterocycles. The molecule has 0 amide bonds. The highest BCUT2D eigenvalue weighted by Crippen LogP contribution is 1.94. The number of allylic oxidation sites excluding steroid dienone is 4. The number of hydrazone groups is 1. The molecule has 0 aromatic heterocycles. The second-order valence-corrected chi connectivity index (χ2v) is 3.07. The minimum absolute atomic E-state index is 1.17. The van der Waals surface area contributed by atoms with Gasteiger partial charge in [0.1, 0.15) is 0 Å². The van der Waals surface area contributed by atoms with E-state index in [1.54, 1.807) is 11.2 Å². The summed E-state index contributed by atoms with van der Waals surface area (Å²) in [5.41, 5.74) is 0. The molecule has 0 radical (unpaired) electrons. The minimum Gasteiger partial charge on any atom is -0.303 e. The van der Waals surface area contributed by atoms with Crippen LogP contribution < -0.4 is 0 Å². The molecule has 0 aromatic rings. The minimum atomic E-state index is 1.17. The zero-order chi connectivity index (χ0) is 9.94. The van der Waals surface area contributed by atoms with Crippen LogP contribution >= 0.6 is 0 Å². The standard InChI is InChI=1S/C11H20N2/c1-4-5-6-7-8-9-10-11-12-13(2)3/h7-11H,4-6H2,1-3H3/b8-7+,10-9+,12-11+. The topological polar surface area (TPSA) is 15.6 Å². The predicted molar refractivity (Wildman–Crippen MR) is 60.0 cm³/mol. The summed E-state index contributed by atoms with van der Waals surface area (Å²) >= 11 is 0. The molecule has 0 aliphatic carbocycles. The molecule has 2 heteroatoms. The summed E-state index contributed by atoms with van der Waals surface area (Å²) in [5, 5.41) is 5.82. The summed E-state index contributed by atoms with van der Waals surface area (Å²) in [6.45, 7) is 2.20. The van der Waals surface area contributed by atoms with Gasteiger partial charge in [-0.25, -0.2) is 0 Å². The second kappa shape index (κ2) is 9.04. The van der Waals surface area contributed by atoms with E-state index in [0.29, 0.717) is 0 Å². The van der Waals surface area contributed by atoms with Crippen LogP contribution in [0.25, 0.3) is 0 Å². The first-order chi connectivity index (χ1) is 6.27. The smallest absolute Gasteiger partial charge is 0.0470 e. The van der Waals surface area contributed by atoms with E-state index in [-0.39, 0.29) is 0 Å². The van der Waals surface area contributed by atoms with E-state index in [1.807, 2.05) is 26.2 Å². The number of rotatable bonds is 6. The molecule has 0 aliphatic rings. The normalized spacial score (nSPS) is 12.2. The maximum Gasteiger partial charge on any atom is 0.0470 e. The third-order valence-corrected chi connectivity index (χ3v) is 1.47. The molecule has 0 bridgehead atoms. The first-order valence-electron chi connectivity index (χ1n) is 4.80. The molecule has 74 valence electrons. The lowest BCUT2D eigenvalue weighted by molar-refractivity contribution is 0.440. The van der Waals surface area contributed by atoms with Crippen LogP contribution in [-0.2, 0) is 0 Å². The highest BCUT2D eigenvalue weighted by Gasteiger charge is 1.75. The van der Waals surface area contributed by atoms with Crippen molar-refractivity contribution in [3.8, 4) is 0 Å². The molecule has 0 aliphatic heterocycles. The molecule has 0 saturated heterocycles. The van der Waals surface area contributed by atoms with E-state index in [9.17, 15) is 0 Å². The van der Waals surface area contributed by atoms with Crippen molar-refractivity contribution in [2.24, 2.45) is 5.10 Å². The van der Waals surface area contributed by atoms with E-state index in [1.165, 1.54) is 19.3 Å². The summed E-state index contributed by atoms with van der Waals surface area (Å²) in [7, 11) is 3.81. The van der Waals surface area contributed by atoms with Gasteiger partial charge in [-0.1, -0.05) is 38.0 Å². The first-order valence-corrected chi connectivity index (χ1v) is 4.80. The van der Waals surface area contributed by atoms with Crippen molar-refractivity contribution in [3.63, 3.8) is 0 Å². The lowest BCUT2D eigenvalue weighted by Crippen LogP contribution is -2.00. The third kappa shape index (κ3) is 10.9. The Morgan fingerprint density at radius 3 is 2.54 bits per heavy atom. The fraction of sp³-hybridized carbons (Fsp3) is 0.545. The van der Waals surface area contributed by atoms with Crippen molar-refractivity contribution in [2.45, 2.75) is 26.2 Å². The van der Waals surface area contributed by atoms with Gasteiger partial charge >= 0.3 is 0 Å². The van der Waals surface area contributed by atoms with E-state index in [4.69, 9.17) is 0 Å². The van der Waals surface area contributed by atoms with Crippen LogP contribution in [0.3, 0.4) is 0 Å². The SMILES string of the molecule is CCCC/C=C/C=C/C=N/N(C)C. The van der Waals surface area contributed by atoms with Crippen LogP contribution in [0.1, 0.15) is 26.2 Å². The number of hydrogen-bond acceptors (Lipinski definition) is 2. The third-order valence-electron chi connectivity index (χ3n) is 1.47. The van der Waals surface area contributed by atoms with Crippen molar-refractivity contribution >= 4 is 6.21 Å². The second-order valence-electron chi connectivity index (χ2n) is 3.07. The van der Waals surface area contributed by atoms with Crippen molar-refractivity contribution in [3.05, 3.63) is 24.3 Å². The summed E-state index contributed by atoms with van der Waals surface area (Å²) in [6, 6.07) is 0. The van der Waals surface area contributed by atoms with Crippen molar-refractivity contribution < 1.29 is 0 Å².